The molecule has 0 bridgehead atoms. The van der Waals surface area contributed by atoms with Crippen molar-refractivity contribution in [2.75, 3.05) is 32.0 Å². The van der Waals surface area contributed by atoms with Crippen LogP contribution in [0.25, 0.3) is 0 Å². The third-order valence-electron chi connectivity index (χ3n) is 3.69. The Hall–Kier alpha value is -2.45. The summed E-state index contributed by atoms with van der Waals surface area (Å²) >= 11 is 6.12. The summed E-state index contributed by atoms with van der Waals surface area (Å²) in [4.78, 5) is 13.5. The van der Waals surface area contributed by atoms with Crippen molar-refractivity contribution in [3.8, 4) is 11.5 Å². The fourth-order valence-corrected chi connectivity index (χ4v) is 3.70. The molecule has 9 heteroatoms. The van der Waals surface area contributed by atoms with Gasteiger partial charge in [-0.1, -0.05) is 11.6 Å². The van der Waals surface area contributed by atoms with Gasteiger partial charge in [0.2, 0.25) is 0 Å². The van der Waals surface area contributed by atoms with E-state index in [4.69, 9.17) is 21.1 Å². The van der Waals surface area contributed by atoms with E-state index < -0.39 is 10.0 Å². The van der Waals surface area contributed by atoms with E-state index >= 15 is 0 Å². The fourth-order valence-electron chi connectivity index (χ4n) is 2.40. The molecule has 0 radical (unpaired) electrons. The third-order valence-corrected chi connectivity index (χ3v) is 5.38. The lowest BCUT2D eigenvalue weighted by molar-refractivity contribution is 0.0827. The zero-order valence-electron chi connectivity index (χ0n) is 16.2. The maximum atomic E-state index is 12.8. The maximum Gasteiger partial charge on any atom is 0.262 e. The second-order valence-corrected chi connectivity index (χ2v) is 8.06. The number of nitrogens with zero attached hydrogens (tertiary/aromatic N) is 1. The largest absolute Gasteiger partial charge is 0.490 e. The molecule has 2 aromatic carbocycles. The van der Waals surface area contributed by atoms with Crippen molar-refractivity contribution in [3.63, 3.8) is 0 Å². The van der Waals surface area contributed by atoms with Crippen molar-refractivity contribution < 1.29 is 22.7 Å². The first-order chi connectivity index (χ1) is 13.2. The van der Waals surface area contributed by atoms with Crippen LogP contribution in [-0.4, -0.2) is 46.5 Å². The van der Waals surface area contributed by atoms with Crippen LogP contribution in [-0.2, 0) is 10.0 Å². The van der Waals surface area contributed by atoms with E-state index in [1.165, 1.54) is 41.3 Å². The standard InChI is InChI=1S/C19H23ClN2O5S/c1-5-26-17-10-8-14(12-18(17)27-6-2)28(24,25)21-16-11-13(7-9-15(16)20)19(23)22(3)4/h7-12,21H,5-6H2,1-4H3. The number of hydrogen-bond acceptors (Lipinski definition) is 5. The molecule has 0 spiro atoms. The molecule has 0 aliphatic heterocycles. The Morgan fingerprint density at radius 2 is 1.68 bits per heavy atom. The number of ether oxygens (including phenoxy) is 2. The predicted molar refractivity (Wildman–Crippen MR) is 109 cm³/mol. The van der Waals surface area contributed by atoms with Crippen LogP contribution >= 0.6 is 11.6 Å². The molecule has 1 N–H and O–H groups in total. The van der Waals surface area contributed by atoms with Gasteiger partial charge >= 0.3 is 0 Å². The number of rotatable bonds is 8. The lowest BCUT2D eigenvalue weighted by Gasteiger charge is -2.15. The molecule has 0 atom stereocenters. The van der Waals surface area contributed by atoms with Crippen LogP contribution in [0.3, 0.4) is 0 Å². The Labute approximate surface area is 170 Å². The Kier molecular flexibility index (Phi) is 7.15. The topological polar surface area (TPSA) is 84.9 Å². The van der Waals surface area contributed by atoms with Gasteiger partial charge in [-0.15, -0.1) is 0 Å². The zero-order chi connectivity index (χ0) is 20.9. The minimum atomic E-state index is -3.97. The van der Waals surface area contributed by atoms with Crippen LogP contribution in [0.5, 0.6) is 11.5 Å². The second kappa shape index (κ2) is 9.16. The van der Waals surface area contributed by atoms with Crippen LogP contribution in [0.2, 0.25) is 5.02 Å². The molecule has 7 nitrogen and oxygen atoms in total. The van der Waals surface area contributed by atoms with E-state index in [2.05, 4.69) is 4.72 Å². The van der Waals surface area contributed by atoms with Crippen LogP contribution in [0.4, 0.5) is 5.69 Å². The van der Waals surface area contributed by atoms with Gasteiger partial charge in [0, 0.05) is 25.7 Å². The molecule has 0 saturated heterocycles. The van der Waals surface area contributed by atoms with Gasteiger partial charge in [-0.3, -0.25) is 9.52 Å². The molecule has 0 heterocycles. The van der Waals surface area contributed by atoms with Crippen LogP contribution < -0.4 is 14.2 Å². The smallest absolute Gasteiger partial charge is 0.262 e. The van der Waals surface area contributed by atoms with Gasteiger partial charge in [-0.05, 0) is 44.2 Å². The van der Waals surface area contributed by atoms with Gasteiger partial charge in [0.05, 0.1) is 28.8 Å². The Morgan fingerprint density at radius 1 is 1.04 bits per heavy atom. The van der Waals surface area contributed by atoms with Gasteiger partial charge in [-0.2, -0.15) is 0 Å². The van der Waals surface area contributed by atoms with Crippen molar-refractivity contribution in [1.82, 2.24) is 4.90 Å². The molecule has 0 aliphatic carbocycles. The summed E-state index contributed by atoms with van der Waals surface area (Å²) in [5.74, 6) is 0.520. The van der Waals surface area contributed by atoms with E-state index in [9.17, 15) is 13.2 Å². The van der Waals surface area contributed by atoms with Crippen LogP contribution in [0.1, 0.15) is 24.2 Å². The monoisotopic (exact) mass is 426 g/mol. The number of amides is 1. The lowest BCUT2D eigenvalue weighted by atomic mass is 10.2. The minimum Gasteiger partial charge on any atom is -0.490 e. The molecule has 0 fully saturated rings. The maximum absolute atomic E-state index is 12.8. The molecule has 0 unspecified atom stereocenters. The van der Waals surface area contributed by atoms with Crippen molar-refractivity contribution in [1.29, 1.82) is 0 Å². The SMILES string of the molecule is CCOc1ccc(S(=O)(=O)Nc2cc(C(=O)N(C)C)ccc2Cl)cc1OCC. The Bertz CT molecular complexity index is 961. The average molecular weight is 427 g/mol. The van der Waals surface area contributed by atoms with Crippen molar-refractivity contribution in [2.45, 2.75) is 18.7 Å². The van der Waals surface area contributed by atoms with Crippen molar-refractivity contribution >= 4 is 33.2 Å². The van der Waals surface area contributed by atoms with Gasteiger partial charge in [0.25, 0.3) is 15.9 Å². The highest BCUT2D eigenvalue weighted by Crippen LogP contribution is 2.32. The van der Waals surface area contributed by atoms with E-state index in [0.717, 1.165) is 0 Å². The highest BCUT2D eigenvalue weighted by molar-refractivity contribution is 7.92. The molecular formula is C19H23ClN2O5S. The summed E-state index contributed by atoms with van der Waals surface area (Å²) in [6, 6.07) is 8.75. The molecule has 2 rings (SSSR count). The van der Waals surface area contributed by atoms with Gasteiger partial charge in [0.15, 0.2) is 11.5 Å². The number of sulfonamides is 1. The predicted octanol–water partition coefficient (Wildman–Crippen LogP) is 3.64. The van der Waals surface area contributed by atoms with E-state index in [1.807, 2.05) is 6.92 Å². The number of hydrogen-bond donors (Lipinski definition) is 1. The molecule has 0 aliphatic rings. The quantitative estimate of drug-likeness (QED) is 0.696. The van der Waals surface area contributed by atoms with Crippen molar-refractivity contribution in [3.05, 3.63) is 47.0 Å². The third kappa shape index (κ3) is 5.08. The van der Waals surface area contributed by atoms with Gasteiger partial charge in [-0.25, -0.2) is 8.42 Å². The molecular weight excluding hydrogens is 404 g/mol. The van der Waals surface area contributed by atoms with Crippen LogP contribution in [0, 0.1) is 0 Å². The second-order valence-electron chi connectivity index (χ2n) is 5.97. The molecule has 1 amide bonds. The summed E-state index contributed by atoms with van der Waals surface area (Å²) in [5.41, 5.74) is 0.426. The first-order valence-electron chi connectivity index (χ1n) is 8.63. The summed E-state index contributed by atoms with van der Waals surface area (Å²) in [6.07, 6.45) is 0. The zero-order valence-corrected chi connectivity index (χ0v) is 17.7. The summed E-state index contributed by atoms with van der Waals surface area (Å²) < 4.78 is 39.0. The molecule has 152 valence electrons. The van der Waals surface area contributed by atoms with Gasteiger partial charge in [0.1, 0.15) is 0 Å². The van der Waals surface area contributed by atoms with Crippen molar-refractivity contribution in [2.24, 2.45) is 0 Å². The lowest BCUT2D eigenvalue weighted by Crippen LogP contribution is -2.22. The Morgan fingerprint density at radius 3 is 2.29 bits per heavy atom. The molecule has 2 aromatic rings. The molecule has 0 saturated carbocycles. The number of carbonyl (C=O) groups is 1. The Balaban J connectivity index is 2.39. The van der Waals surface area contributed by atoms with E-state index in [1.54, 1.807) is 21.0 Å². The highest BCUT2D eigenvalue weighted by atomic mass is 35.5. The summed E-state index contributed by atoms with van der Waals surface area (Å²) in [6.45, 7) is 4.40. The highest BCUT2D eigenvalue weighted by Gasteiger charge is 2.20. The first kappa shape index (κ1) is 21.8. The number of carbonyl (C=O) groups excluding carboxylic acids is 1. The summed E-state index contributed by atoms with van der Waals surface area (Å²) in [5, 5.41) is 0.176. The number of halogens is 1. The molecule has 0 aromatic heterocycles. The first-order valence-corrected chi connectivity index (χ1v) is 10.5. The number of benzene rings is 2. The number of anilines is 1. The average Bonchev–Trinajstić information content (AvgIpc) is 2.64. The number of nitrogens with one attached hydrogen (secondary N) is 1. The summed E-state index contributed by atoms with van der Waals surface area (Å²) in [7, 11) is -0.752. The van der Waals surface area contributed by atoms with Gasteiger partial charge < -0.3 is 14.4 Å². The van der Waals surface area contributed by atoms with E-state index in [-0.39, 0.29) is 21.5 Å². The molecule has 28 heavy (non-hydrogen) atoms. The van der Waals surface area contributed by atoms with E-state index in [0.29, 0.717) is 30.3 Å². The normalized spacial score (nSPS) is 11.0. The minimum absolute atomic E-state index is 0.0141. The van der Waals surface area contributed by atoms with Crippen LogP contribution in [0.15, 0.2) is 41.3 Å². The fraction of sp³-hybridized carbons (Fsp3) is 0.316.